The summed E-state index contributed by atoms with van der Waals surface area (Å²) in [5, 5.41) is 6.23. The van der Waals surface area contributed by atoms with Crippen molar-refractivity contribution in [3.05, 3.63) is 34.1 Å². The van der Waals surface area contributed by atoms with Gasteiger partial charge in [0.2, 0.25) is 5.91 Å². The lowest BCUT2D eigenvalue weighted by Gasteiger charge is -2.19. The smallest absolute Gasteiger partial charge is 0.436 e. The number of nitrogens with zero attached hydrogens (tertiary/aromatic N) is 2. The standard InChI is InChI=1S/C16H15BrF3N3O3/c1-9-14(17)15(16(18,19)20)22-23(9)5-4-13(24)21-10-2-3-11-12(8-10)26-7-6-25-11/h2-3,8H,4-7H2,1H3,(H,21,24). The van der Waals surface area contributed by atoms with E-state index in [2.05, 4.69) is 26.3 Å². The molecule has 0 unspecified atom stereocenters. The number of anilines is 1. The summed E-state index contributed by atoms with van der Waals surface area (Å²) >= 11 is 2.90. The predicted octanol–water partition coefficient (Wildman–Crippen LogP) is 3.77. The lowest BCUT2D eigenvalue weighted by atomic mass is 10.2. The first-order valence-corrected chi connectivity index (χ1v) is 8.54. The van der Waals surface area contributed by atoms with Crippen molar-refractivity contribution in [3.8, 4) is 11.5 Å². The van der Waals surface area contributed by atoms with Crippen molar-refractivity contribution in [3.63, 3.8) is 0 Å². The number of halogens is 4. The molecule has 26 heavy (non-hydrogen) atoms. The quantitative estimate of drug-likeness (QED) is 0.796. The van der Waals surface area contributed by atoms with Gasteiger partial charge in [0.05, 0.1) is 16.7 Å². The summed E-state index contributed by atoms with van der Waals surface area (Å²) in [5.41, 5.74) is -0.166. The van der Waals surface area contributed by atoms with Crippen LogP contribution in [0.3, 0.4) is 0 Å². The van der Waals surface area contributed by atoms with Crippen LogP contribution in [0.4, 0.5) is 18.9 Å². The molecule has 1 aromatic carbocycles. The minimum atomic E-state index is -4.55. The molecule has 3 rings (SSSR count). The number of aromatic nitrogens is 2. The van der Waals surface area contributed by atoms with Gasteiger partial charge in [0.15, 0.2) is 17.2 Å². The van der Waals surface area contributed by atoms with Crippen molar-refractivity contribution < 1.29 is 27.4 Å². The lowest BCUT2D eigenvalue weighted by Crippen LogP contribution is -2.17. The van der Waals surface area contributed by atoms with Crippen molar-refractivity contribution in [1.29, 1.82) is 0 Å². The molecule has 0 bridgehead atoms. The zero-order valence-electron chi connectivity index (χ0n) is 13.7. The van der Waals surface area contributed by atoms with Crippen molar-refractivity contribution in [2.24, 2.45) is 0 Å². The second-order valence-electron chi connectivity index (χ2n) is 5.63. The highest BCUT2D eigenvalue weighted by molar-refractivity contribution is 9.10. The molecular weight excluding hydrogens is 419 g/mol. The number of benzene rings is 1. The molecule has 140 valence electrons. The van der Waals surface area contributed by atoms with E-state index in [0.29, 0.717) is 36.1 Å². The Hall–Kier alpha value is -2.23. The minimum Gasteiger partial charge on any atom is -0.486 e. The molecule has 10 heteroatoms. The number of nitrogens with one attached hydrogen (secondary N) is 1. The highest BCUT2D eigenvalue weighted by Gasteiger charge is 2.37. The molecule has 1 amide bonds. The summed E-state index contributed by atoms with van der Waals surface area (Å²) in [6.07, 6.45) is -4.58. The van der Waals surface area contributed by atoms with Crippen LogP contribution in [-0.2, 0) is 17.5 Å². The molecule has 0 radical (unpaired) electrons. The lowest BCUT2D eigenvalue weighted by molar-refractivity contribution is -0.142. The van der Waals surface area contributed by atoms with Gasteiger partial charge in [-0.3, -0.25) is 9.48 Å². The fraction of sp³-hybridized carbons (Fsp3) is 0.375. The van der Waals surface area contributed by atoms with Crippen molar-refractivity contribution in [2.45, 2.75) is 26.1 Å². The van der Waals surface area contributed by atoms with E-state index in [1.54, 1.807) is 18.2 Å². The van der Waals surface area contributed by atoms with E-state index in [1.807, 2.05) is 0 Å². The Morgan fingerprint density at radius 3 is 2.65 bits per heavy atom. The van der Waals surface area contributed by atoms with E-state index in [4.69, 9.17) is 9.47 Å². The van der Waals surface area contributed by atoms with E-state index in [1.165, 1.54) is 6.92 Å². The van der Waals surface area contributed by atoms with E-state index < -0.39 is 11.9 Å². The predicted molar refractivity (Wildman–Crippen MR) is 90.3 cm³/mol. The van der Waals surface area contributed by atoms with Gasteiger partial charge in [-0.1, -0.05) is 0 Å². The van der Waals surface area contributed by atoms with E-state index in [9.17, 15) is 18.0 Å². The maximum Gasteiger partial charge on any atom is 0.436 e. The fourth-order valence-electron chi connectivity index (χ4n) is 2.48. The molecule has 0 saturated heterocycles. The van der Waals surface area contributed by atoms with Gasteiger partial charge in [0, 0.05) is 18.2 Å². The summed E-state index contributed by atoms with van der Waals surface area (Å²) in [4.78, 5) is 12.1. The van der Waals surface area contributed by atoms with Gasteiger partial charge in [-0.15, -0.1) is 0 Å². The zero-order chi connectivity index (χ0) is 18.9. The molecule has 0 aliphatic carbocycles. The van der Waals surface area contributed by atoms with Crippen LogP contribution in [0.25, 0.3) is 0 Å². The van der Waals surface area contributed by atoms with Crippen LogP contribution in [-0.4, -0.2) is 28.9 Å². The molecule has 0 saturated carbocycles. The highest BCUT2D eigenvalue weighted by atomic mass is 79.9. The van der Waals surface area contributed by atoms with E-state index >= 15 is 0 Å². The summed E-state index contributed by atoms with van der Waals surface area (Å²) in [6.45, 7) is 2.43. The molecule has 6 nitrogen and oxygen atoms in total. The average Bonchev–Trinajstić information content (AvgIpc) is 2.88. The third kappa shape index (κ3) is 3.95. The molecule has 1 aliphatic heterocycles. The van der Waals surface area contributed by atoms with Crippen molar-refractivity contribution in [2.75, 3.05) is 18.5 Å². The Bertz CT molecular complexity index is 836. The number of carbonyl (C=O) groups is 1. The number of hydrogen-bond acceptors (Lipinski definition) is 4. The van der Waals surface area contributed by atoms with Crippen LogP contribution < -0.4 is 14.8 Å². The normalized spacial score (nSPS) is 13.6. The highest BCUT2D eigenvalue weighted by Crippen LogP contribution is 2.35. The minimum absolute atomic E-state index is 0.0247. The van der Waals surface area contributed by atoms with Gasteiger partial charge in [-0.05, 0) is 35.0 Å². The number of ether oxygens (including phenoxy) is 2. The first-order valence-electron chi connectivity index (χ1n) is 7.75. The molecule has 0 spiro atoms. The topological polar surface area (TPSA) is 65.4 Å². The van der Waals surface area contributed by atoms with E-state index in [-0.39, 0.29) is 23.3 Å². The third-order valence-electron chi connectivity index (χ3n) is 3.78. The number of rotatable bonds is 4. The van der Waals surface area contributed by atoms with Crippen LogP contribution in [0, 0.1) is 6.92 Å². The average molecular weight is 434 g/mol. The second-order valence-corrected chi connectivity index (χ2v) is 6.42. The number of fused-ring (bicyclic) bond motifs is 1. The molecule has 1 aliphatic rings. The molecule has 1 aromatic heterocycles. The Morgan fingerprint density at radius 1 is 1.31 bits per heavy atom. The summed E-state index contributed by atoms with van der Waals surface area (Å²) in [5.74, 6) is 0.794. The van der Waals surface area contributed by atoms with Gasteiger partial charge in [0.1, 0.15) is 13.2 Å². The maximum absolute atomic E-state index is 12.9. The van der Waals surface area contributed by atoms with Gasteiger partial charge in [0.25, 0.3) is 0 Å². The van der Waals surface area contributed by atoms with Crippen LogP contribution in [0.5, 0.6) is 11.5 Å². The Balaban J connectivity index is 1.63. The maximum atomic E-state index is 12.9. The second kappa shape index (κ2) is 7.18. The third-order valence-corrected chi connectivity index (χ3v) is 4.73. The fourth-order valence-corrected chi connectivity index (χ4v) is 2.98. The molecule has 0 fully saturated rings. The first kappa shape index (κ1) is 18.6. The van der Waals surface area contributed by atoms with Gasteiger partial charge in [-0.2, -0.15) is 18.3 Å². The van der Waals surface area contributed by atoms with Gasteiger partial charge in [-0.25, -0.2) is 0 Å². The SMILES string of the molecule is Cc1c(Br)c(C(F)(F)F)nn1CCC(=O)Nc1ccc2c(c1)OCCO2. The number of aryl methyl sites for hydroxylation is 1. The number of amides is 1. The van der Waals surface area contributed by atoms with Crippen LogP contribution in [0.2, 0.25) is 0 Å². The summed E-state index contributed by atoms with van der Waals surface area (Å²) in [7, 11) is 0. The Morgan fingerprint density at radius 2 is 2.00 bits per heavy atom. The zero-order valence-corrected chi connectivity index (χ0v) is 15.3. The van der Waals surface area contributed by atoms with Gasteiger partial charge < -0.3 is 14.8 Å². The monoisotopic (exact) mass is 433 g/mol. The molecule has 1 N–H and O–H groups in total. The van der Waals surface area contributed by atoms with E-state index in [0.717, 1.165) is 4.68 Å². The van der Waals surface area contributed by atoms with Crippen LogP contribution in [0.15, 0.2) is 22.7 Å². The molecule has 2 aromatic rings. The Kier molecular flexibility index (Phi) is 5.12. The molecule has 0 atom stereocenters. The molecular formula is C16H15BrF3N3O3. The van der Waals surface area contributed by atoms with Crippen LogP contribution >= 0.6 is 15.9 Å². The van der Waals surface area contributed by atoms with Crippen molar-refractivity contribution >= 4 is 27.5 Å². The number of alkyl halides is 3. The Labute approximate surface area is 155 Å². The number of carbonyl (C=O) groups excluding carboxylic acids is 1. The van der Waals surface area contributed by atoms with Crippen molar-refractivity contribution in [1.82, 2.24) is 9.78 Å². The summed E-state index contributed by atoms with van der Waals surface area (Å²) in [6, 6.07) is 5.00. The summed E-state index contributed by atoms with van der Waals surface area (Å²) < 4.78 is 50.5. The van der Waals surface area contributed by atoms with Gasteiger partial charge >= 0.3 is 6.18 Å². The largest absolute Gasteiger partial charge is 0.486 e. The first-order chi connectivity index (χ1) is 12.3. The van der Waals surface area contributed by atoms with Crippen LogP contribution in [0.1, 0.15) is 17.8 Å². The number of hydrogen-bond donors (Lipinski definition) is 1. The molecule has 2 heterocycles.